The molecular formula is C27H23ClN2O4S. The minimum atomic E-state index is -3.99. The Bertz CT molecular complexity index is 1360. The van der Waals surface area contributed by atoms with E-state index in [1.54, 1.807) is 66.7 Å². The molecule has 0 aliphatic rings. The number of hydrogen-bond donors (Lipinski definition) is 1. The number of nitrogens with zero attached hydrogens (tertiary/aromatic N) is 1. The third-order valence-corrected chi connectivity index (χ3v) is 7.16. The molecule has 178 valence electrons. The van der Waals surface area contributed by atoms with Crippen molar-refractivity contribution in [3.63, 3.8) is 0 Å². The van der Waals surface area contributed by atoms with Crippen LogP contribution in [0.25, 0.3) is 0 Å². The van der Waals surface area contributed by atoms with Crippen molar-refractivity contribution in [3.05, 3.63) is 120 Å². The van der Waals surface area contributed by atoms with Gasteiger partial charge in [0.2, 0.25) is 5.91 Å². The van der Waals surface area contributed by atoms with Crippen LogP contribution in [0.15, 0.2) is 114 Å². The molecule has 0 atom stereocenters. The second kappa shape index (κ2) is 11.1. The summed E-state index contributed by atoms with van der Waals surface area (Å²) < 4.78 is 33.5. The standard InChI is InChI=1S/C27H23ClN2O4S/c28-22-11-15-24(16-12-22)30(35(32,33)26-9-5-2-6-10-26)19-27(31)29-23-13-17-25(18-14-23)34-20-21-7-3-1-4-8-21/h1-18H,19-20H2,(H,29,31). The fourth-order valence-corrected chi connectivity index (χ4v) is 4.92. The summed E-state index contributed by atoms with van der Waals surface area (Å²) >= 11 is 5.97. The van der Waals surface area contributed by atoms with Gasteiger partial charge in [0.05, 0.1) is 10.6 Å². The van der Waals surface area contributed by atoms with Gasteiger partial charge in [-0.25, -0.2) is 8.42 Å². The van der Waals surface area contributed by atoms with E-state index in [2.05, 4.69) is 5.32 Å². The third kappa shape index (κ3) is 6.41. The molecular weight excluding hydrogens is 484 g/mol. The summed E-state index contributed by atoms with van der Waals surface area (Å²) in [5.74, 6) is 0.165. The molecule has 1 amide bonds. The first-order valence-electron chi connectivity index (χ1n) is 10.8. The number of halogens is 1. The monoisotopic (exact) mass is 506 g/mol. The second-order valence-corrected chi connectivity index (χ2v) is 9.95. The maximum atomic E-state index is 13.3. The van der Waals surface area contributed by atoms with Gasteiger partial charge in [0.15, 0.2) is 0 Å². The van der Waals surface area contributed by atoms with Crippen LogP contribution >= 0.6 is 11.6 Å². The molecule has 6 nitrogen and oxygen atoms in total. The maximum Gasteiger partial charge on any atom is 0.264 e. The molecule has 0 heterocycles. The first kappa shape index (κ1) is 24.3. The maximum absolute atomic E-state index is 13.3. The highest BCUT2D eigenvalue weighted by Gasteiger charge is 2.27. The number of amides is 1. The molecule has 0 aliphatic heterocycles. The quantitative estimate of drug-likeness (QED) is 0.313. The van der Waals surface area contributed by atoms with Gasteiger partial charge in [0.25, 0.3) is 10.0 Å². The van der Waals surface area contributed by atoms with Crippen LogP contribution in [-0.4, -0.2) is 20.9 Å². The summed E-state index contributed by atoms with van der Waals surface area (Å²) in [6.07, 6.45) is 0. The molecule has 0 saturated heterocycles. The molecule has 0 spiro atoms. The van der Waals surface area contributed by atoms with Crippen LogP contribution in [0.4, 0.5) is 11.4 Å². The van der Waals surface area contributed by atoms with Gasteiger partial charge in [0, 0.05) is 10.7 Å². The lowest BCUT2D eigenvalue weighted by molar-refractivity contribution is -0.114. The average Bonchev–Trinajstić information content (AvgIpc) is 2.88. The van der Waals surface area contributed by atoms with Crippen molar-refractivity contribution in [2.45, 2.75) is 11.5 Å². The number of sulfonamides is 1. The van der Waals surface area contributed by atoms with Crippen LogP contribution in [0.3, 0.4) is 0 Å². The normalized spacial score (nSPS) is 11.0. The highest BCUT2D eigenvalue weighted by atomic mass is 35.5. The summed E-state index contributed by atoms with van der Waals surface area (Å²) in [6.45, 7) is 0.0189. The van der Waals surface area contributed by atoms with Gasteiger partial charge in [-0.15, -0.1) is 0 Å². The third-order valence-electron chi connectivity index (χ3n) is 5.12. The van der Waals surface area contributed by atoms with Gasteiger partial charge in [-0.2, -0.15) is 0 Å². The Morgan fingerprint density at radius 1 is 0.800 bits per heavy atom. The highest BCUT2D eigenvalue weighted by Crippen LogP contribution is 2.25. The number of hydrogen-bond acceptors (Lipinski definition) is 4. The van der Waals surface area contributed by atoms with Gasteiger partial charge in [-0.05, 0) is 66.2 Å². The van der Waals surface area contributed by atoms with E-state index >= 15 is 0 Å². The van der Waals surface area contributed by atoms with E-state index in [-0.39, 0.29) is 4.90 Å². The number of anilines is 2. The Hall–Kier alpha value is -3.81. The number of carbonyl (C=O) groups excluding carboxylic acids is 1. The predicted molar refractivity (Wildman–Crippen MR) is 138 cm³/mol. The minimum Gasteiger partial charge on any atom is -0.489 e. The Morgan fingerprint density at radius 3 is 2.03 bits per heavy atom. The van der Waals surface area contributed by atoms with E-state index < -0.39 is 22.5 Å². The Kier molecular flexibility index (Phi) is 7.70. The number of nitrogens with one attached hydrogen (secondary N) is 1. The summed E-state index contributed by atoms with van der Waals surface area (Å²) in [5, 5.41) is 3.21. The molecule has 4 aromatic carbocycles. The summed E-state index contributed by atoms with van der Waals surface area (Å²) in [6, 6.07) is 31.0. The Labute approximate surface area is 209 Å². The summed E-state index contributed by atoms with van der Waals surface area (Å²) in [7, 11) is -3.99. The van der Waals surface area contributed by atoms with Crippen molar-refractivity contribution in [3.8, 4) is 5.75 Å². The number of rotatable bonds is 9. The van der Waals surface area contributed by atoms with Crippen molar-refractivity contribution in [2.75, 3.05) is 16.2 Å². The van der Waals surface area contributed by atoms with Gasteiger partial charge in [-0.1, -0.05) is 60.1 Å². The van der Waals surface area contributed by atoms with Gasteiger partial charge < -0.3 is 10.1 Å². The van der Waals surface area contributed by atoms with E-state index in [4.69, 9.17) is 16.3 Å². The molecule has 1 N–H and O–H groups in total. The zero-order chi connectivity index (χ0) is 24.7. The predicted octanol–water partition coefficient (Wildman–Crippen LogP) is 5.75. The summed E-state index contributed by atoms with van der Waals surface area (Å²) in [4.78, 5) is 12.9. The summed E-state index contributed by atoms with van der Waals surface area (Å²) in [5.41, 5.74) is 1.90. The van der Waals surface area contributed by atoms with Crippen molar-refractivity contribution in [1.82, 2.24) is 0 Å². The highest BCUT2D eigenvalue weighted by molar-refractivity contribution is 7.92. The smallest absolute Gasteiger partial charge is 0.264 e. The number of benzene rings is 4. The zero-order valence-corrected chi connectivity index (χ0v) is 20.2. The average molecular weight is 507 g/mol. The molecule has 0 aliphatic carbocycles. The van der Waals surface area contributed by atoms with E-state index in [1.165, 1.54) is 12.1 Å². The molecule has 35 heavy (non-hydrogen) atoms. The van der Waals surface area contributed by atoms with Gasteiger partial charge in [-0.3, -0.25) is 9.10 Å². The molecule has 8 heteroatoms. The lowest BCUT2D eigenvalue weighted by Crippen LogP contribution is -2.38. The lowest BCUT2D eigenvalue weighted by atomic mass is 10.2. The van der Waals surface area contributed by atoms with Gasteiger partial charge >= 0.3 is 0 Å². The molecule has 0 radical (unpaired) electrons. The molecule has 0 fully saturated rings. The molecule has 4 rings (SSSR count). The minimum absolute atomic E-state index is 0.0858. The van der Waals surface area contributed by atoms with E-state index in [9.17, 15) is 13.2 Å². The van der Waals surface area contributed by atoms with Gasteiger partial charge in [0.1, 0.15) is 18.9 Å². The first-order chi connectivity index (χ1) is 16.9. The zero-order valence-electron chi connectivity index (χ0n) is 18.7. The van der Waals surface area contributed by atoms with Crippen LogP contribution in [0.5, 0.6) is 5.75 Å². The van der Waals surface area contributed by atoms with E-state index in [0.29, 0.717) is 28.8 Å². The number of carbonyl (C=O) groups is 1. The lowest BCUT2D eigenvalue weighted by Gasteiger charge is -2.24. The number of ether oxygens (including phenoxy) is 1. The van der Waals surface area contributed by atoms with Crippen molar-refractivity contribution >= 4 is 38.9 Å². The van der Waals surface area contributed by atoms with Crippen molar-refractivity contribution in [2.24, 2.45) is 0 Å². The fourth-order valence-electron chi connectivity index (χ4n) is 3.35. The van der Waals surface area contributed by atoms with Crippen LogP contribution in [0.1, 0.15) is 5.56 Å². The van der Waals surface area contributed by atoms with Crippen molar-refractivity contribution in [1.29, 1.82) is 0 Å². The molecule has 0 bridgehead atoms. The SMILES string of the molecule is O=C(CN(c1ccc(Cl)cc1)S(=O)(=O)c1ccccc1)Nc1ccc(OCc2ccccc2)cc1. The van der Waals surface area contributed by atoms with Crippen LogP contribution in [-0.2, 0) is 21.4 Å². The van der Waals surface area contributed by atoms with Crippen LogP contribution in [0.2, 0.25) is 5.02 Å². The largest absolute Gasteiger partial charge is 0.489 e. The first-order valence-corrected chi connectivity index (χ1v) is 12.6. The fraction of sp³-hybridized carbons (Fsp3) is 0.0741. The van der Waals surface area contributed by atoms with Crippen molar-refractivity contribution < 1.29 is 17.9 Å². The molecule has 4 aromatic rings. The molecule has 0 saturated carbocycles. The Morgan fingerprint density at radius 2 is 1.40 bits per heavy atom. The van der Waals surface area contributed by atoms with Crippen LogP contribution < -0.4 is 14.4 Å². The second-order valence-electron chi connectivity index (χ2n) is 7.65. The molecule has 0 aromatic heterocycles. The molecule has 0 unspecified atom stereocenters. The van der Waals surface area contributed by atoms with Crippen LogP contribution in [0, 0.1) is 0 Å². The Balaban J connectivity index is 1.46. The van der Waals surface area contributed by atoms with E-state index in [1.807, 2.05) is 30.3 Å². The topological polar surface area (TPSA) is 75.7 Å². The van der Waals surface area contributed by atoms with E-state index in [0.717, 1.165) is 9.87 Å².